The van der Waals surface area contributed by atoms with Crippen molar-refractivity contribution in [3.63, 3.8) is 0 Å². The molecule has 3 nitrogen and oxygen atoms in total. The predicted octanol–water partition coefficient (Wildman–Crippen LogP) is 3.01. The van der Waals surface area contributed by atoms with Gasteiger partial charge in [-0.15, -0.1) is 12.4 Å². The Hall–Kier alpha value is -1.06. The molecule has 0 saturated carbocycles. The number of benzene rings is 1. The molecule has 4 heteroatoms. The molecule has 120 valence electrons. The number of carbonyl (C=O) groups is 1. The van der Waals surface area contributed by atoms with Gasteiger partial charge in [-0.25, -0.2) is 0 Å². The molecule has 1 aromatic rings. The van der Waals surface area contributed by atoms with Crippen LogP contribution in [0.1, 0.15) is 31.9 Å². The number of halogens is 1. The highest BCUT2D eigenvalue weighted by molar-refractivity contribution is 5.85. The SMILES string of the molecule is CNCC(C)C(=O)N(C)CC(C)(C)c1ccc(C)cc1.Cl. The molecule has 0 aliphatic rings. The number of rotatable bonds is 6. The summed E-state index contributed by atoms with van der Waals surface area (Å²) in [5, 5.41) is 3.06. The van der Waals surface area contributed by atoms with Gasteiger partial charge in [0.05, 0.1) is 0 Å². The number of nitrogens with zero attached hydrogens (tertiary/aromatic N) is 1. The summed E-state index contributed by atoms with van der Waals surface area (Å²) in [5.74, 6) is 0.207. The quantitative estimate of drug-likeness (QED) is 0.876. The number of nitrogens with one attached hydrogen (secondary N) is 1. The Bertz CT molecular complexity index is 443. The molecule has 1 atom stereocenters. The van der Waals surface area contributed by atoms with Gasteiger partial charge in [0.2, 0.25) is 5.91 Å². The van der Waals surface area contributed by atoms with Crippen molar-refractivity contribution in [2.45, 2.75) is 33.1 Å². The fraction of sp³-hybridized carbons (Fsp3) is 0.588. The maximum atomic E-state index is 12.3. The predicted molar refractivity (Wildman–Crippen MR) is 92.2 cm³/mol. The summed E-state index contributed by atoms with van der Waals surface area (Å²) in [5.41, 5.74) is 2.48. The number of hydrogen-bond donors (Lipinski definition) is 1. The van der Waals surface area contributed by atoms with E-state index in [0.717, 1.165) is 6.54 Å². The normalized spacial score (nSPS) is 12.5. The average molecular weight is 313 g/mol. The van der Waals surface area contributed by atoms with Gasteiger partial charge in [-0.3, -0.25) is 4.79 Å². The Morgan fingerprint density at radius 2 is 1.81 bits per heavy atom. The lowest BCUT2D eigenvalue weighted by molar-refractivity contribution is -0.134. The average Bonchev–Trinajstić information content (AvgIpc) is 2.38. The van der Waals surface area contributed by atoms with Crippen molar-refractivity contribution >= 4 is 18.3 Å². The molecule has 0 spiro atoms. The van der Waals surface area contributed by atoms with Crippen LogP contribution in [0.3, 0.4) is 0 Å². The van der Waals surface area contributed by atoms with Crippen molar-refractivity contribution in [2.24, 2.45) is 5.92 Å². The van der Waals surface area contributed by atoms with Crippen molar-refractivity contribution in [1.82, 2.24) is 10.2 Å². The van der Waals surface area contributed by atoms with E-state index in [1.807, 2.05) is 25.9 Å². The van der Waals surface area contributed by atoms with E-state index in [2.05, 4.69) is 50.4 Å². The van der Waals surface area contributed by atoms with Crippen LogP contribution in [-0.2, 0) is 10.2 Å². The topological polar surface area (TPSA) is 32.3 Å². The molecule has 1 N–H and O–H groups in total. The molecule has 0 bridgehead atoms. The van der Waals surface area contributed by atoms with E-state index in [0.29, 0.717) is 6.54 Å². The molecule has 0 aliphatic heterocycles. The number of amides is 1. The zero-order valence-corrected chi connectivity index (χ0v) is 14.9. The largest absolute Gasteiger partial charge is 0.345 e. The van der Waals surface area contributed by atoms with Gasteiger partial charge in [0.15, 0.2) is 0 Å². The summed E-state index contributed by atoms with van der Waals surface area (Å²) in [6.45, 7) is 9.87. The van der Waals surface area contributed by atoms with Crippen molar-refractivity contribution < 1.29 is 4.79 Å². The van der Waals surface area contributed by atoms with E-state index in [9.17, 15) is 4.79 Å². The molecule has 1 aromatic carbocycles. The molecule has 0 saturated heterocycles. The Kier molecular flexibility index (Phi) is 7.98. The van der Waals surface area contributed by atoms with Crippen LogP contribution in [0.2, 0.25) is 0 Å². The Labute approximate surface area is 135 Å². The summed E-state index contributed by atoms with van der Waals surface area (Å²) in [6, 6.07) is 8.57. The van der Waals surface area contributed by atoms with Crippen LogP contribution in [0.5, 0.6) is 0 Å². The summed E-state index contributed by atoms with van der Waals surface area (Å²) in [7, 11) is 3.77. The van der Waals surface area contributed by atoms with Crippen LogP contribution in [0, 0.1) is 12.8 Å². The Morgan fingerprint density at radius 1 is 1.29 bits per heavy atom. The summed E-state index contributed by atoms with van der Waals surface area (Å²) in [6.07, 6.45) is 0. The Balaban J connectivity index is 0.00000400. The molecule has 0 radical (unpaired) electrons. The monoisotopic (exact) mass is 312 g/mol. The van der Waals surface area contributed by atoms with Gasteiger partial charge in [-0.2, -0.15) is 0 Å². The minimum atomic E-state index is -0.0442. The molecule has 0 heterocycles. The van der Waals surface area contributed by atoms with Gasteiger partial charge in [0.1, 0.15) is 0 Å². The van der Waals surface area contributed by atoms with Crippen molar-refractivity contribution in [3.8, 4) is 0 Å². The molecule has 0 fully saturated rings. The highest BCUT2D eigenvalue weighted by Crippen LogP contribution is 2.24. The molecule has 0 aromatic heterocycles. The lowest BCUT2D eigenvalue weighted by atomic mass is 9.83. The van der Waals surface area contributed by atoms with Gasteiger partial charge in [0.25, 0.3) is 0 Å². The lowest BCUT2D eigenvalue weighted by Gasteiger charge is -2.32. The molecular weight excluding hydrogens is 284 g/mol. The zero-order valence-electron chi connectivity index (χ0n) is 14.1. The van der Waals surface area contributed by atoms with Crippen LogP contribution in [0.15, 0.2) is 24.3 Å². The van der Waals surface area contributed by atoms with Gasteiger partial charge in [0, 0.05) is 31.5 Å². The van der Waals surface area contributed by atoms with Crippen LogP contribution in [0.25, 0.3) is 0 Å². The molecule has 1 amide bonds. The highest BCUT2D eigenvalue weighted by atomic mass is 35.5. The third-order valence-corrected chi connectivity index (χ3v) is 3.77. The zero-order chi connectivity index (χ0) is 15.3. The molecule has 1 rings (SSSR count). The van der Waals surface area contributed by atoms with Crippen LogP contribution in [-0.4, -0.2) is 38.0 Å². The fourth-order valence-electron chi connectivity index (χ4n) is 2.54. The highest BCUT2D eigenvalue weighted by Gasteiger charge is 2.26. The van der Waals surface area contributed by atoms with Crippen LogP contribution in [0.4, 0.5) is 0 Å². The second-order valence-electron chi connectivity index (χ2n) is 6.40. The van der Waals surface area contributed by atoms with Gasteiger partial charge >= 0.3 is 0 Å². The number of likely N-dealkylation sites (N-methyl/N-ethyl adjacent to an activating group) is 1. The molecule has 21 heavy (non-hydrogen) atoms. The first kappa shape index (κ1) is 19.9. The van der Waals surface area contributed by atoms with Gasteiger partial charge < -0.3 is 10.2 Å². The maximum Gasteiger partial charge on any atom is 0.226 e. The van der Waals surface area contributed by atoms with Crippen molar-refractivity contribution in [1.29, 1.82) is 0 Å². The van der Waals surface area contributed by atoms with Crippen molar-refractivity contribution in [2.75, 3.05) is 27.2 Å². The van der Waals surface area contributed by atoms with E-state index in [-0.39, 0.29) is 29.6 Å². The first-order valence-corrected chi connectivity index (χ1v) is 7.24. The minimum absolute atomic E-state index is 0. The van der Waals surface area contributed by atoms with Gasteiger partial charge in [-0.05, 0) is 19.5 Å². The standard InChI is InChI=1S/C17H28N2O.ClH/c1-13-7-9-15(10-8-13)17(3,4)12-19(6)16(20)14(2)11-18-5;/h7-10,14,18H,11-12H2,1-6H3;1H. The smallest absolute Gasteiger partial charge is 0.226 e. The van der Waals surface area contributed by atoms with E-state index in [1.165, 1.54) is 11.1 Å². The van der Waals surface area contributed by atoms with E-state index in [1.54, 1.807) is 0 Å². The Morgan fingerprint density at radius 3 is 2.29 bits per heavy atom. The minimum Gasteiger partial charge on any atom is -0.345 e. The molecule has 0 aliphatic carbocycles. The first-order chi connectivity index (χ1) is 9.27. The number of aryl methyl sites for hydroxylation is 1. The van der Waals surface area contributed by atoms with E-state index < -0.39 is 0 Å². The second-order valence-corrected chi connectivity index (χ2v) is 6.40. The van der Waals surface area contributed by atoms with Crippen LogP contribution < -0.4 is 5.32 Å². The van der Waals surface area contributed by atoms with Crippen LogP contribution >= 0.6 is 12.4 Å². The van der Waals surface area contributed by atoms with E-state index in [4.69, 9.17) is 0 Å². The summed E-state index contributed by atoms with van der Waals surface area (Å²) < 4.78 is 0. The second kappa shape index (κ2) is 8.40. The molecular formula is C17H29ClN2O. The molecule has 1 unspecified atom stereocenters. The lowest BCUT2D eigenvalue weighted by Crippen LogP contribution is -2.42. The fourth-order valence-corrected chi connectivity index (χ4v) is 2.54. The van der Waals surface area contributed by atoms with E-state index >= 15 is 0 Å². The third-order valence-electron chi connectivity index (χ3n) is 3.77. The maximum absolute atomic E-state index is 12.3. The number of carbonyl (C=O) groups excluding carboxylic acids is 1. The summed E-state index contributed by atoms with van der Waals surface area (Å²) in [4.78, 5) is 14.1. The number of hydrogen-bond acceptors (Lipinski definition) is 2. The van der Waals surface area contributed by atoms with Gasteiger partial charge in [-0.1, -0.05) is 50.6 Å². The summed E-state index contributed by atoms with van der Waals surface area (Å²) >= 11 is 0. The van der Waals surface area contributed by atoms with Crippen molar-refractivity contribution in [3.05, 3.63) is 35.4 Å². The third kappa shape index (κ3) is 5.68. The first-order valence-electron chi connectivity index (χ1n) is 7.24.